The standard InChI is InChI=1S/C11H21N3O2/c1-3-12-8-11(16)14-6-4-10(5-7-14)13-9(2)15/h10,12H,3-8H2,1-2H3,(H,13,15). The number of nitrogens with zero attached hydrogens (tertiary/aromatic N) is 1. The number of nitrogens with one attached hydrogen (secondary N) is 2. The molecule has 2 amide bonds. The normalized spacial score (nSPS) is 17.2. The number of hydrogen-bond donors (Lipinski definition) is 2. The Balaban J connectivity index is 2.25. The van der Waals surface area contributed by atoms with Crippen LogP contribution in [0.2, 0.25) is 0 Å². The van der Waals surface area contributed by atoms with Gasteiger partial charge in [0.2, 0.25) is 11.8 Å². The summed E-state index contributed by atoms with van der Waals surface area (Å²) >= 11 is 0. The van der Waals surface area contributed by atoms with E-state index in [9.17, 15) is 9.59 Å². The van der Waals surface area contributed by atoms with Crippen LogP contribution in [0.15, 0.2) is 0 Å². The molecule has 1 saturated heterocycles. The second-order valence-electron chi connectivity index (χ2n) is 4.14. The zero-order valence-corrected chi connectivity index (χ0v) is 10.1. The van der Waals surface area contributed by atoms with Gasteiger partial charge in [-0.1, -0.05) is 6.92 Å². The molecule has 1 heterocycles. The van der Waals surface area contributed by atoms with Crippen LogP contribution in [0, 0.1) is 0 Å². The largest absolute Gasteiger partial charge is 0.353 e. The van der Waals surface area contributed by atoms with Crippen LogP contribution >= 0.6 is 0 Å². The zero-order valence-electron chi connectivity index (χ0n) is 10.1. The van der Waals surface area contributed by atoms with Gasteiger partial charge in [-0.15, -0.1) is 0 Å². The van der Waals surface area contributed by atoms with E-state index in [-0.39, 0.29) is 17.9 Å². The van der Waals surface area contributed by atoms with Crippen LogP contribution in [0.4, 0.5) is 0 Å². The van der Waals surface area contributed by atoms with E-state index in [1.54, 1.807) is 0 Å². The van der Waals surface area contributed by atoms with Gasteiger partial charge in [0.25, 0.3) is 0 Å². The third kappa shape index (κ3) is 4.18. The number of amides is 2. The minimum absolute atomic E-state index is 0.0115. The van der Waals surface area contributed by atoms with Gasteiger partial charge in [0.05, 0.1) is 6.54 Å². The second-order valence-corrected chi connectivity index (χ2v) is 4.14. The fourth-order valence-corrected chi connectivity index (χ4v) is 1.90. The van der Waals surface area contributed by atoms with Gasteiger partial charge in [-0.3, -0.25) is 9.59 Å². The van der Waals surface area contributed by atoms with Gasteiger partial charge in [-0.25, -0.2) is 0 Å². The number of carbonyl (C=O) groups is 2. The van der Waals surface area contributed by atoms with Crippen LogP contribution in [-0.2, 0) is 9.59 Å². The van der Waals surface area contributed by atoms with E-state index in [1.165, 1.54) is 6.92 Å². The molecule has 1 aliphatic heterocycles. The van der Waals surface area contributed by atoms with E-state index < -0.39 is 0 Å². The zero-order chi connectivity index (χ0) is 12.0. The van der Waals surface area contributed by atoms with E-state index in [4.69, 9.17) is 0 Å². The first-order valence-corrected chi connectivity index (χ1v) is 5.89. The Labute approximate surface area is 96.6 Å². The first-order chi connectivity index (χ1) is 7.63. The van der Waals surface area contributed by atoms with Crippen LogP contribution in [0.25, 0.3) is 0 Å². The number of likely N-dealkylation sites (tertiary alicyclic amines) is 1. The molecule has 0 aliphatic carbocycles. The fourth-order valence-electron chi connectivity index (χ4n) is 1.90. The van der Waals surface area contributed by atoms with E-state index in [0.717, 1.165) is 32.5 Å². The molecule has 1 fully saturated rings. The molecule has 0 spiro atoms. The Bertz CT molecular complexity index is 248. The van der Waals surface area contributed by atoms with Crippen molar-refractivity contribution in [1.82, 2.24) is 15.5 Å². The van der Waals surface area contributed by atoms with E-state index >= 15 is 0 Å². The van der Waals surface area contributed by atoms with E-state index in [2.05, 4.69) is 10.6 Å². The Morgan fingerprint density at radius 3 is 2.44 bits per heavy atom. The monoisotopic (exact) mass is 227 g/mol. The molecule has 0 bridgehead atoms. The topological polar surface area (TPSA) is 61.4 Å². The van der Waals surface area contributed by atoms with Crippen molar-refractivity contribution in [2.75, 3.05) is 26.2 Å². The smallest absolute Gasteiger partial charge is 0.236 e. The lowest BCUT2D eigenvalue weighted by atomic mass is 10.1. The summed E-state index contributed by atoms with van der Waals surface area (Å²) in [4.78, 5) is 24.4. The van der Waals surface area contributed by atoms with Gasteiger partial charge in [0.1, 0.15) is 0 Å². The summed E-state index contributed by atoms with van der Waals surface area (Å²) < 4.78 is 0. The van der Waals surface area contributed by atoms with Crippen LogP contribution in [0.1, 0.15) is 26.7 Å². The summed E-state index contributed by atoms with van der Waals surface area (Å²) in [6, 6.07) is 0.237. The highest BCUT2D eigenvalue weighted by Crippen LogP contribution is 2.10. The number of carbonyl (C=O) groups excluding carboxylic acids is 2. The highest BCUT2D eigenvalue weighted by Gasteiger charge is 2.22. The van der Waals surface area contributed by atoms with Crippen molar-refractivity contribution in [3.8, 4) is 0 Å². The summed E-state index contributed by atoms with van der Waals surface area (Å²) in [6.45, 7) is 6.23. The third-order valence-electron chi connectivity index (χ3n) is 2.78. The van der Waals surface area contributed by atoms with Crippen molar-refractivity contribution in [3.05, 3.63) is 0 Å². The van der Waals surface area contributed by atoms with Crippen molar-refractivity contribution < 1.29 is 9.59 Å². The quantitative estimate of drug-likeness (QED) is 0.694. The van der Waals surface area contributed by atoms with E-state index in [0.29, 0.717) is 6.54 Å². The highest BCUT2D eigenvalue weighted by atomic mass is 16.2. The van der Waals surface area contributed by atoms with Gasteiger partial charge < -0.3 is 15.5 Å². The predicted octanol–water partition coefficient (Wildman–Crippen LogP) is -0.277. The molecule has 1 rings (SSSR count). The number of piperidine rings is 1. The molecular weight excluding hydrogens is 206 g/mol. The summed E-state index contributed by atoms with van der Waals surface area (Å²) in [5.41, 5.74) is 0. The maximum Gasteiger partial charge on any atom is 0.236 e. The van der Waals surface area contributed by atoms with Crippen LogP contribution in [0.5, 0.6) is 0 Å². The molecule has 0 saturated carbocycles. The Hall–Kier alpha value is -1.10. The molecule has 0 atom stereocenters. The number of hydrogen-bond acceptors (Lipinski definition) is 3. The van der Waals surface area contributed by atoms with E-state index in [1.807, 2.05) is 11.8 Å². The van der Waals surface area contributed by atoms with Gasteiger partial charge in [-0.2, -0.15) is 0 Å². The summed E-state index contributed by atoms with van der Waals surface area (Å²) in [5, 5.41) is 5.92. The first kappa shape index (κ1) is 13.0. The lowest BCUT2D eigenvalue weighted by Crippen LogP contribution is -2.48. The van der Waals surface area contributed by atoms with Gasteiger partial charge in [0, 0.05) is 26.1 Å². The van der Waals surface area contributed by atoms with Crippen molar-refractivity contribution in [1.29, 1.82) is 0 Å². The second kappa shape index (κ2) is 6.48. The molecule has 0 aromatic carbocycles. The molecule has 0 aromatic rings. The minimum atomic E-state index is 0.0115. The van der Waals surface area contributed by atoms with Crippen LogP contribution in [0.3, 0.4) is 0 Å². The number of rotatable bonds is 4. The van der Waals surface area contributed by atoms with Gasteiger partial charge >= 0.3 is 0 Å². The first-order valence-electron chi connectivity index (χ1n) is 5.89. The molecule has 0 radical (unpaired) electrons. The Morgan fingerprint density at radius 1 is 1.31 bits per heavy atom. The lowest BCUT2D eigenvalue weighted by Gasteiger charge is -2.32. The number of likely N-dealkylation sites (N-methyl/N-ethyl adjacent to an activating group) is 1. The summed E-state index contributed by atoms with van der Waals surface area (Å²) in [7, 11) is 0. The molecule has 2 N–H and O–H groups in total. The highest BCUT2D eigenvalue weighted by molar-refractivity contribution is 5.78. The predicted molar refractivity (Wildman–Crippen MR) is 62.0 cm³/mol. The minimum Gasteiger partial charge on any atom is -0.353 e. The molecule has 16 heavy (non-hydrogen) atoms. The van der Waals surface area contributed by atoms with Crippen molar-refractivity contribution >= 4 is 11.8 Å². The van der Waals surface area contributed by atoms with Crippen molar-refractivity contribution in [2.45, 2.75) is 32.7 Å². The average molecular weight is 227 g/mol. The average Bonchev–Trinajstić information content (AvgIpc) is 2.26. The Morgan fingerprint density at radius 2 is 1.94 bits per heavy atom. The SMILES string of the molecule is CCNCC(=O)N1CCC(NC(C)=O)CC1. The van der Waals surface area contributed by atoms with Crippen LogP contribution < -0.4 is 10.6 Å². The third-order valence-corrected chi connectivity index (χ3v) is 2.78. The van der Waals surface area contributed by atoms with Gasteiger partial charge in [0.15, 0.2) is 0 Å². The molecule has 5 nitrogen and oxygen atoms in total. The maximum atomic E-state index is 11.7. The lowest BCUT2D eigenvalue weighted by molar-refractivity contribution is -0.131. The molecule has 0 aromatic heterocycles. The van der Waals surface area contributed by atoms with Crippen molar-refractivity contribution in [2.24, 2.45) is 0 Å². The fraction of sp³-hybridized carbons (Fsp3) is 0.818. The molecular formula is C11H21N3O2. The van der Waals surface area contributed by atoms with Crippen molar-refractivity contribution in [3.63, 3.8) is 0 Å². The maximum absolute atomic E-state index is 11.7. The summed E-state index contributed by atoms with van der Waals surface area (Å²) in [6.07, 6.45) is 1.72. The molecule has 92 valence electrons. The summed E-state index contributed by atoms with van der Waals surface area (Å²) in [5.74, 6) is 0.167. The van der Waals surface area contributed by atoms with Gasteiger partial charge in [-0.05, 0) is 19.4 Å². The Kier molecular flexibility index (Phi) is 5.25. The van der Waals surface area contributed by atoms with Crippen LogP contribution in [-0.4, -0.2) is 48.9 Å². The molecule has 5 heteroatoms. The molecule has 1 aliphatic rings. The molecule has 0 unspecified atom stereocenters.